The second-order valence-corrected chi connectivity index (χ2v) is 5.94. The number of hydrogen-bond acceptors (Lipinski definition) is 5. The summed E-state index contributed by atoms with van der Waals surface area (Å²) in [7, 11) is 0. The van der Waals surface area contributed by atoms with Gasteiger partial charge in [0, 0.05) is 6.42 Å². The first-order valence-corrected chi connectivity index (χ1v) is 8.34. The summed E-state index contributed by atoms with van der Waals surface area (Å²) in [5, 5.41) is 10.1. The van der Waals surface area contributed by atoms with E-state index >= 15 is 0 Å². The van der Waals surface area contributed by atoms with Crippen LogP contribution in [0.3, 0.4) is 0 Å². The topological polar surface area (TPSA) is 72.8 Å². The maximum Gasteiger partial charge on any atom is 0.306 e. The van der Waals surface area contributed by atoms with Crippen molar-refractivity contribution in [1.82, 2.24) is 0 Å². The molecule has 132 valence electrons. The SMILES string of the molecule is CCOC(=O)CCC(=O)c1cc(Oc2ccc(F)cc2)cc(Br)c1O. The van der Waals surface area contributed by atoms with Crippen molar-refractivity contribution >= 4 is 27.7 Å². The minimum atomic E-state index is -0.479. The lowest BCUT2D eigenvalue weighted by atomic mass is 10.1. The van der Waals surface area contributed by atoms with E-state index in [1.165, 1.54) is 36.4 Å². The van der Waals surface area contributed by atoms with Crippen LogP contribution in [0.1, 0.15) is 30.1 Å². The minimum absolute atomic E-state index is 0.0239. The van der Waals surface area contributed by atoms with Gasteiger partial charge in [-0.2, -0.15) is 0 Å². The molecule has 2 aromatic rings. The molecule has 1 N–H and O–H groups in total. The van der Waals surface area contributed by atoms with E-state index in [1.807, 2.05) is 0 Å². The van der Waals surface area contributed by atoms with Crippen LogP contribution in [-0.4, -0.2) is 23.5 Å². The minimum Gasteiger partial charge on any atom is -0.506 e. The molecule has 0 aliphatic heterocycles. The zero-order valence-electron chi connectivity index (χ0n) is 13.4. The number of carbonyl (C=O) groups excluding carboxylic acids is 2. The number of esters is 1. The van der Waals surface area contributed by atoms with Gasteiger partial charge in [0.15, 0.2) is 5.78 Å². The van der Waals surface area contributed by atoms with Gasteiger partial charge in [-0.05, 0) is 59.3 Å². The number of halogens is 2. The Balaban J connectivity index is 2.17. The van der Waals surface area contributed by atoms with Crippen LogP contribution >= 0.6 is 15.9 Å². The largest absolute Gasteiger partial charge is 0.506 e. The normalized spacial score (nSPS) is 10.4. The van der Waals surface area contributed by atoms with Crippen LogP contribution in [0.5, 0.6) is 17.2 Å². The molecule has 0 amide bonds. The first-order chi connectivity index (χ1) is 11.9. The number of phenolic OH excluding ortho intramolecular Hbond substituents is 1. The lowest BCUT2D eigenvalue weighted by molar-refractivity contribution is -0.143. The molecule has 0 bridgehead atoms. The molecule has 2 rings (SSSR count). The predicted octanol–water partition coefficient (Wildman–Crippen LogP) is 4.61. The first-order valence-electron chi connectivity index (χ1n) is 7.55. The molecule has 0 spiro atoms. The van der Waals surface area contributed by atoms with Gasteiger partial charge in [-0.25, -0.2) is 4.39 Å². The molecule has 0 atom stereocenters. The number of ether oxygens (including phenoxy) is 2. The van der Waals surface area contributed by atoms with E-state index in [0.717, 1.165) is 0 Å². The first kappa shape index (κ1) is 18.9. The molecule has 5 nitrogen and oxygen atoms in total. The summed E-state index contributed by atoms with van der Waals surface area (Å²) in [5.41, 5.74) is 0.0239. The fraction of sp³-hybridized carbons (Fsp3) is 0.222. The van der Waals surface area contributed by atoms with E-state index in [0.29, 0.717) is 5.75 Å². The number of rotatable bonds is 7. The molecule has 7 heteroatoms. The molecule has 2 aromatic carbocycles. The number of hydrogen-bond donors (Lipinski definition) is 1. The Morgan fingerprint density at radius 1 is 1.12 bits per heavy atom. The molecule has 0 aliphatic carbocycles. The van der Waals surface area contributed by atoms with Crippen LogP contribution in [0.25, 0.3) is 0 Å². The van der Waals surface area contributed by atoms with Crippen molar-refractivity contribution < 1.29 is 28.6 Å². The van der Waals surface area contributed by atoms with E-state index in [9.17, 15) is 19.1 Å². The maximum absolute atomic E-state index is 12.9. The Morgan fingerprint density at radius 2 is 1.80 bits per heavy atom. The van der Waals surface area contributed by atoms with Gasteiger partial charge in [0.05, 0.1) is 23.1 Å². The molecule has 0 fully saturated rings. The molecule has 0 saturated heterocycles. The lowest BCUT2D eigenvalue weighted by Gasteiger charge is -2.11. The Morgan fingerprint density at radius 3 is 2.44 bits per heavy atom. The van der Waals surface area contributed by atoms with Gasteiger partial charge in [-0.1, -0.05) is 0 Å². The van der Waals surface area contributed by atoms with Crippen molar-refractivity contribution in [2.75, 3.05) is 6.61 Å². The van der Waals surface area contributed by atoms with Gasteiger partial charge in [-0.15, -0.1) is 0 Å². The summed E-state index contributed by atoms with van der Waals surface area (Å²) in [6.45, 7) is 1.92. The van der Waals surface area contributed by atoms with Gasteiger partial charge in [-0.3, -0.25) is 9.59 Å². The van der Waals surface area contributed by atoms with E-state index in [1.54, 1.807) is 6.92 Å². The molecule has 0 saturated carbocycles. The second kappa shape index (κ2) is 8.62. The van der Waals surface area contributed by atoms with Crippen molar-refractivity contribution in [2.45, 2.75) is 19.8 Å². The van der Waals surface area contributed by atoms with Crippen LogP contribution in [0.2, 0.25) is 0 Å². The maximum atomic E-state index is 12.9. The van der Waals surface area contributed by atoms with Gasteiger partial charge in [0.1, 0.15) is 23.1 Å². The molecule has 0 radical (unpaired) electrons. The smallest absolute Gasteiger partial charge is 0.306 e. The van der Waals surface area contributed by atoms with Crippen LogP contribution in [0.15, 0.2) is 40.9 Å². The molecule has 0 unspecified atom stereocenters. The summed E-state index contributed by atoms with van der Waals surface area (Å²) in [4.78, 5) is 23.6. The monoisotopic (exact) mass is 410 g/mol. The summed E-state index contributed by atoms with van der Waals surface area (Å²) in [5.74, 6) is -0.863. The number of carbonyl (C=O) groups is 2. The van der Waals surface area contributed by atoms with E-state index < -0.39 is 17.6 Å². The van der Waals surface area contributed by atoms with Crippen molar-refractivity contribution in [3.63, 3.8) is 0 Å². The fourth-order valence-electron chi connectivity index (χ4n) is 2.07. The van der Waals surface area contributed by atoms with Gasteiger partial charge in [0.2, 0.25) is 0 Å². The third-order valence-corrected chi connectivity index (χ3v) is 3.85. The lowest BCUT2D eigenvalue weighted by Crippen LogP contribution is -2.08. The molecular weight excluding hydrogens is 395 g/mol. The molecule has 25 heavy (non-hydrogen) atoms. The fourth-order valence-corrected chi connectivity index (χ4v) is 2.51. The summed E-state index contributed by atoms with van der Waals surface area (Å²) < 4.78 is 23.6. The van der Waals surface area contributed by atoms with Crippen molar-refractivity contribution in [3.05, 3.63) is 52.3 Å². The number of aromatic hydroxyl groups is 1. The van der Waals surface area contributed by atoms with Crippen LogP contribution < -0.4 is 4.74 Å². The van der Waals surface area contributed by atoms with Crippen molar-refractivity contribution in [2.24, 2.45) is 0 Å². The van der Waals surface area contributed by atoms with Crippen LogP contribution in [-0.2, 0) is 9.53 Å². The third-order valence-electron chi connectivity index (χ3n) is 3.25. The number of ketones is 1. The molecule has 0 heterocycles. The van der Waals surface area contributed by atoms with Crippen LogP contribution in [0.4, 0.5) is 4.39 Å². The Labute approximate surface area is 152 Å². The average Bonchev–Trinajstić information content (AvgIpc) is 2.58. The predicted molar refractivity (Wildman–Crippen MR) is 92.5 cm³/mol. The highest BCUT2D eigenvalue weighted by Crippen LogP contribution is 2.35. The Bertz CT molecular complexity index is 774. The highest BCUT2D eigenvalue weighted by Gasteiger charge is 2.18. The van der Waals surface area contributed by atoms with E-state index in [-0.39, 0.29) is 41.0 Å². The number of phenols is 1. The highest BCUT2D eigenvalue weighted by molar-refractivity contribution is 9.10. The van der Waals surface area contributed by atoms with Crippen molar-refractivity contribution in [3.8, 4) is 17.2 Å². The van der Waals surface area contributed by atoms with Crippen molar-refractivity contribution in [1.29, 1.82) is 0 Å². The molecular formula is C18H16BrFO5. The quantitative estimate of drug-likeness (QED) is 0.532. The van der Waals surface area contributed by atoms with Gasteiger partial charge in [0.25, 0.3) is 0 Å². The molecule has 0 aliphatic rings. The van der Waals surface area contributed by atoms with Gasteiger partial charge < -0.3 is 14.6 Å². The summed E-state index contributed by atoms with van der Waals surface area (Å²) >= 11 is 3.16. The van der Waals surface area contributed by atoms with Gasteiger partial charge >= 0.3 is 5.97 Å². The third kappa shape index (κ3) is 5.29. The standard InChI is InChI=1S/C18H16BrFO5/c1-2-24-17(22)8-7-16(21)14-9-13(10-15(19)18(14)23)25-12-5-3-11(20)4-6-12/h3-6,9-10,23H,2,7-8H2,1H3. The zero-order chi connectivity index (χ0) is 18.4. The van der Waals surface area contributed by atoms with Crippen LogP contribution in [0, 0.1) is 5.82 Å². The highest BCUT2D eigenvalue weighted by atomic mass is 79.9. The Hall–Kier alpha value is -2.41. The summed E-state index contributed by atoms with van der Waals surface area (Å²) in [6, 6.07) is 8.24. The zero-order valence-corrected chi connectivity index (χ0v) is 15.0. The molecule has 0 aromatic heterocycles. The van der Waals surface area contributed by atoms with E-state index in [2.05, 4.69) is 15.9 Å². The average molecular weight is 411 g/mol. The summed E-state index contributed by atoms with van der Waals surface area (Å²) in [6.07, 6.45) is -0.175. The number of Topliss-reactive ketones (excluding diaryl/α,β-unsaturated/α-hetero) is 1. The Kier molecular flexibility index (Phi) is 6.52. The second-order valence-electron chi connectivity index (χ2n) is 5.09. The van der Waals surface area contributed by atoms with E-state index in [4.69, 9.17) is 9.47 Å². The number of benzene rings is 2.